The summed E-state index contributed by atoms with van der Waals surface area (Å²) in [5.41, 5.74) is 3.24. The molecule has 0 radical (unpaired) electrons. The average molecular weight is 302 g/mol. The molecule has 22 heavy (non-hydrogen) atoms. The Bertz CT molecular complexity index is 561. The number of benzene rings is 1. The van der Waals surface area contributed by atoms with Crippen molar-refractivity contribution in [1.82, 2.24) is 0 Å². The molecule has 0 N–H and O–H groups in total. The van der Waals surface area contributed by atoms with Crippen LogP contribution in [0, 0.1) is 0 Å². The molecule has 1 aromatic rings. The highest BCUT2D eigenvalue weighted by molar-refractivity contribution is 5.27. The lowest BCUT2D eigenvalue weighted by molar-refractivity contribution is -0.0821. The standard InChI is InChI=1S/C18H22O4/c1-12-9-21-17-13(2)8-16(18(17)22-10-12)20-11-14-4-6-15(19-3)7-5-14/h4-8,16-18H,1,9-11H2,2-3H3/t16-,17-,18-/m1/s1. The minimum Gasteiger partial charge on any atom is -0.497 e. The van der Waals surface area contributed by atoms with E-state index in [0.29, 0.717) is 19.8 Å². The molecule has 4 heteroatoms. The van der Waals surface area contributed by atoms with Gasteiger partial charge < -0.3 is 18.9 Å². The summed E-state index contributed by atoms with van der Waals surface area (Å²) in [6, 6.07) is 7.89. The molecule has 0 bridgehead atoms. The molecule has 0 amide bonds. The summed E-state index contributed by atoms with van der Waals surface area (Å²) in [5.74, 6) is 0.847. The molecule has 3 rings (SSSR count). The van der Waals surface area contributed by atoms with Gasteiger partial charge in [-0.3, -0.25) is 0 Å². The van der Waals surface area contributed by atoms with Crippen molar-refractivity contribution in [3.05, 3.63) is 53.6 Å². The van der Waals surface area contributed by atoms with Crippen molar-refractivity contribution >= 4 is 0 Å². The first kappa shape index (κ1) is 15.3. The van der Waals surface area contributed by atoms with Crippen LogP contribution in [0.5, 0.6) is 5.75 Å². The van der Waals surface area contributed by atoms with Gasteiger partial charge in [0.2, 0.25) is 0 Å². The van der Waals surface area contributed by atoms with E-state index >= 15 is 0 Å². The predicted molar refractivity (Wildman–Crippen MR) is 83.9 cm³/mol. The highest BCUT2D eigenvalue weighted by Crippen LogP contribution is 2.30. The first-order chi connectivity index (χ1) is 10.7. The quantitative estimate of drug-likeness (QED) is 0.802. The van der Waals surface area contributed by atoms with Crippen molar-refractivity contribution in [2.75, 3.05) is 20.3 Å². The SMILES string of the molecule is C=C1CO[C@H]2[C@H](OC1)C(C)=C[C@H]2OCc1ccc(OC)cc1. The average Bonchev–Trinajstić information content (AvgIpc) is 2.70. The van der Waals surface area contributed by atoms with E-state index in [9.17, 15) is 0 Å². The van der Waals surface area contributed by atoms with Gasteiger partial charge >= 0.3 is 0 Å². The van der Waals surface area contributed by atoms with Gasteiger partial charge in [0.25, 0.3) is 0 Å². The molecular weight excluding hydrogens is 280 g/mol. The topological polar surface area (TPSA) is 36.9 Å². The van der Waals surface area contributed by atoms with Gasteiger partial charge in [-0.2, -0.15) is 0 Å². The molecule has 0 unspecified atom stereocenters. The van der Waals surface area contributed by atoms with Gasteiger partial charge in [0.05, 0.1) is 26.9 Å². The van der Waals surface area contributed by atoms with E-state index in [2.05, 4.69) is 19.6 Å². The van der Waals surface area contributed by atoms with Gasteiger partial charge in [-0.25, -0.2) is 0 Å². The van der Waals surface area contributed by atoms with Gasteiger partial charge in [-0.15, -0.1) is 0 Å². The van der Waals surface area contributed by atoms with Gasteiger partial charge in [-0.05, 0) is 35.8 Å². The number of fused-ring (bicyclic) bond motifs is 1. The molecule has 4 nitrogen and oxygen atoms in total. The fourth-order valence-electron chi connectivity index (χ4n) is 2.81. The lowest BCUT2D eigenvalue weighted by Gasteiger charge is -2.23. The molecular formula is C18H22O4. The Kier molecular flexibility index (Phi) is 4.62. The molecule has 0 spiro atoms. The van der Waals surface area contributed by atoms with Crippen LogP contribution in [0.2, 0.25) is 0 Å². The zero-order valence-electron chi connectivity index (χ0n) is 13.1. The summed E-state index contributed by atoms with van der Waals surface area (Å²) in [6.07, 6.45) is 1.91. The van der Waals surface area contributed by atoms with Gasteiger partial charge in [0.1, 0.15) is 24.1 Å². The Morgan fingerprint density at radius 3 is 2.64 bits per heavy atom. The Morgan fingerprint density at radius 2 is 1.91 bits per heavy atom. The summed E-state index contributed by atoms with van der Waals surface area (Å²) in [5, 5.41) is 0. The normalized spacial score (nSPS) is 28.0. The summed E-state index contributed by atoms with van der Waals surface area (Å²) >= 11 is 0. The molecule has 1 heterocycles. The molecule has 1 fully saturated rings. The number of hydrogen-bond donors (Lipinski definition) is 0. The Labute approximate surface area is 131 Å². The molecule has 3 atom stereocenters. The number of hydrogen-bond acceptors (Lipinski definition) is 4. The van der Waals surface area contributed by atoms with Crippen molar-refractivity contribution in [2.24, 2.45) is 0 Å². The maximum Gasteiger partial charge on any atom is 0.118 e. The third-order valence-electron chi connectivity index (χ3n) is 4.05. The molecule has 118 valence electrons. The molecule has 0 saturated carbocycles. The molecule has 1 aliphatic heterocycles. The van der Waals surface area contributed by atoms with Crippen LogP contribution in [0.3, 0.4) is 0 Å². The van der Waals surface area contributed by atoms with Crippen LogP contribution in [-0.4, -0.2) is 38.6 Å². The van der Waals surface area contributed by atoms with E-state index in [-0.39, 0.29) is 18.3 Å². The van der Waals surface area contributed by atoms with E-state index in [4.69, 9.17) is 18.9 Å². The molecule has 1 aromatic carbocycles. The monoisotopic (exact) mass is 302 g/mol. The second-order valence-corrected chi connectivity index (χ2v) is 5.79. The van der Waals surface area contributed by atoms with Gasteiger partial charge in [0, 0.05) is 0 Å². The smallest absolute Gasteiger partial charge is 0.118 e. The van der Waals surface area contributed by atoms with Crippen LogP contribution < -0.4 is 4.74 Å². The minimum absolute atomic E-state index is 0.0277. The predicted octanol–water partition coefficient (Wildman–Crippen LogP) is 2.88. The van der Waals surface area contributed by atoms with Crippen molar-refractivity contribution in [3.8, 4) is 5.75 Å². The second-order valence-electron chi connectivity index (χ2n) is 5.79. The Morgan fingerprint density at radius 1 is 1.18 bits per heavy atom. The summed E-state index contributed by atoms with van der Waals surface area (Å²) < 4.78 is 23.0. The first-order valence-electron chi connectivity index (χ1n) is 7.50. The Hall–Kier alpha value is -1.62. The molecule has 1 saturated heterocycles. The lowest BCUT2D eigenvalue weighted by Crippen LogP contribution is -2.35. The third-order valence-corrected chi connectivity index (χ3v) is 4.05. The van der Waals surface area contributed by atoms with Crippen LogP contribution in [0.1, 0.15) is 12.5 Å². The molecule has 0 aromatic heterocycles. The highest BCUT2D eigenvalue weighted by atomic mass is 16.6. The Balaban J connectivity index is 1.63. The number of rotatable bonds is 4. The van der Waals surface area contributed by atoms with E-state index in [1.54, 1.807) is 7.11 Å². The molecule has 2 aliphatic rings. The van der Waals surface area contributed by atoms with Gasteiger partial charge in [-0.1, -0.05) is 24.8 Å². The van der Waals surface area contributed by atoms with Crippen LogP contribution in [0.25, 0.3) is 0 Å². The summed E-state index contributed by atoms with van der Waals surface area (Å²) in [4.78, 5) is 0. The summed E-state index contributed by atoms with van der Waals surface area (Å²) in [7, 11) is 1.66. The first-order valence-corrected chi connectivity index (χ1v) is 7.50. The molecule has 1 aliphatic carbocycles. The maximum atomic E-state index is 6.04. The fraction of sp³-hybridized carbons (Fsp3) is 0.444. The summed E-state index contributed by atoms with van der Waals surface area (Å²) in [6.45, 7) is 7.62. The number of ether oxygens (including phenoxy) is 4. The van der Waals surface area contributed by atoms with Crippen molar-refractivity contribution in [3.63, 3.8) is 0 Å². The van der Waals surface area contributed by atoms with E-state index in [0.717, 1.165) is 16.9 Å². The lowest BCUT2D eigenvalue weighted by atomic mass is 10.1. The van der Waals surface area contributed by atoms with Gasteiger partial charge in [0.15, 0.2) is 0 Å². The minimum atomic E-state index is -0.0856. The fourth-order valence-corrected chi connectivity index (χ4v) is 2.81. The van der Waals surface area contributed by atoms with E-state index in [1.807, 2.05) is 24.3 Å². The van der Waals surface area contributed by atoms with Crippen molar-refractivity contribution in [2.45, 2.75) is 31.8 Å². The van der Waals surface area contributed by atoms with Crippen LogP contribution in [-0.2, 0) is 20.8 Å². The zero-order chi connectivity index (χ0) is 15.5. The van der Waals surface area contributed by atoms with Crippen LogP contribution >= 0.6 is 0 Å². The van der Waals surface area contributed by atoms with Crippen molar-refractivity contribution in [1.29, 1.82) is 0 Å². The van der Waals surface area contributed by atoms with E-state index in [1.165, 1.54) is 5.57 Å². The largest absolute Gasteiger partial charge is 0.497 e. The van der Waals surface area contributed by atoms with E-state index < -0.39 is 0 Å². The zero-order valence-corrected chi connectivity index (χ0v) is 13.1. The highest BCUT2D eigenvalue weighted by Gasteiger charge is 2.39. The second kappa shape index (κ2) is 6.65. The van der Waals surface area contributed by atoms with Crippen LogP contribution in [0.15, 0.2) is 48.1 Å². The number of methoxy groups -OCH3 is 1. The third kappa shape index (κ3) is 3.24. The van der Waals surface area contributed by atoms with Crippen LogP contribution in [0.4, 0.5) is 0 Å². The van der Waals surface area contributed by atoms with Crippen molar-refractivity contribution < 1.29 is 18.9 Å². The maximum absolute atomic E-state index is 6.04.